The molecule has 2 N–H and O–H groups in total. The van der Waals surface area contributed by atoms with Gasteiger partial charge in [-0.25, -0.2) is 0 Å². The van der Waals surface area contributed by atoms with E-state index in [2.05, 4.69) is 17.4 Å². The number of carbonyl (C=O) groups excluding carboxylic acids is 2. The summed E-state index contributed by atoms with van der Waals surface area (Å²) < 4.78 is 5.48. The summed E-state index contributed by atoms with van der Waals surface area (Å²) in [6.45, 7) is 4.92. The molecule has 0 saturated carbocycles. The van der Waals surface area contributed by atoms with Crippen molar-refractivity contribution in [3.05, 3.63) is 35.9 Å². The van der Waals surface area contributed by atoms with Gasteiger partial charge in [0.2, 0.25) is 0 Å². The molecular weight excluding hydrogens is 318 g/mol. The standard InChI is InChI=1S/C19H27N3O3/c23-18(20-9-8-16-5-2-1-3-6-16)15-21-10-12-22(13-11-21)19(24)17-7-4-14-25-17/h1-3,5-6,17H,4,7-15H2,(H,20,23)/p+1/t17-/m0/s1. The Morgan fingerprint density at radius 1 is 1.20 bits per heavy atom. The fourth-order valence-electron chi connectivity index (χ4n) is 3.48. The van der Waals surface area contributed by atoms with Gasteiger partial charge in [0.05, 0.1) is 26.2 Å². The summed E-state index contributed by atoms with van der Waals surface area (Å²) >= 11 is 0. The van der Waals surface area contributed by atoms with Crippen molar-refractivity contribution in [2.24, 2.45) is 0 Å². The van der Waals surface area contributed by atoms with Crippen LogP contribution in [0.1, 0.15) is 18.4 Å². The summed E-state index contributed by atoms with van der Waals surface area (Å²) in [4.78, 5) is 27.6. The highest BCUT2D eigenvalue weighted by Gasteiger charge is 2.31. The van der Waals surface area contributed by atoms with Crippen molar-refractivity contribution in [2.75, 3.05) is 45.9 Å². The zero-order valence-electron chi connectivity index (χ0n) is 14.7. The quantitative estimate of drug-likeness (QED) is 0.713. The second-order valence-electron chi connectivity index (χ2n) is 6.84. The Morgan fingerprint density at radius 2 is 1.96 bits per heavy atom. The van der Waals surface area contributed by atoms with Crippen LogP contribution in [-0.2, 0) is 20.7 Å². The number of quaternary nitrogens is 1. The molecule has 2 aliphatic rings. The summed E-state index contributed by atoms with van der Waals surface area (Å²) in [5.41, 5.74) is 1.23. The number of rotatable bonds is 6. The van der Waals surface area contributed by atoms with Gasteiger partial charge in [0.15, 0.2) is 6.54 Å². The third-order valence-corrected chi connectivity index (χ3v) is 4.98. The molecule has 2 heterocycles. The number of hydrogen-bond acceptors (Lipinski definition) is 3. The molecular formula is C19H28N3O3+. The number of hydrogen-bond donors (Lipinski definition) is 2. The first-order chi connectivity index (χ1) is 12.2. The molecule has 0 radical (unpaired) electrons. The van der Waals surface area contributed by atoms with Crippen LogP contribution in [0.3, 0.4) is 0 Å². The minimum Gasteiger partial charge on any atom is -0.368 e. The van der Waals surface area contributed by atoms with Gasteiger partial charge in [0.25, 0.3) is 11.8 Å². The monoisotopic (exact) mass is 346 g/mol. The van der Waals surface area contributed by atoms with Crippen molar-refractivity contribution in [2.45, 2.75) is 25.4 Å². The Bertz CT molecular complexity index is 565. The molecule has 0 unspecified atom stereocenters. The molecule has 6 nitrogen and oxygen atoms in total. The Balaban J connectivity index is 1.32. The van der Waals surface area contributed by atoms with Crippen LogP contribution in [0.5, 0.6) is 0 Å². The van der Waals surface area contributed by atoms with E-state index in [-0.39, 0.29) is 17.9 Å². The van der Waals surface area contributed by atoms with Crippen LogP contribution in [0.2, 0.25) is 0 Å². The number of piperazine rings is 1. The van der Waals surface area contributed by atoms with Crippen LogP contribution in [0.15, 0.2) is 30.3 Å². The van der Waals surface area contributed by atoms with Gasteiger partial charge >= 0.3 is 0 Å². The van der Waals surface area contributed by atoms with Crippen LogP contribution < -0.4 is 10.2 Å². The van der Waals surface area contributed by atoms with E-state index in [0.717, 1.165) is 32.4 Å². The van der Waals surface area contributed by atoms with Crippen LogP contribution in [0, 0.1) is 0 Å². The number of nitrogens with one attached hydrogen (secondary N) is 2. The maximum atomic E-state index is 12.3. The van der Waals surface area contributed by atoms with Crippen molar-refractivity contribution in [1.82, 2.24) is 10.2 Å². The molecule has 1 atom stereocenters. The second kappa shape index (κ2) is 8.97. The van der Waals surface area contributed by atoms with E-state index in [0.29, 0.717) is 32.8 Å². The first-order valence-corrected chi connectivity index (χ1v) is 9.27. The molecule has 3 rings (SSSR count). The molecule has 2 amide bonds. The molecule has 2 saturated heterocycles. The van der Waals surface area contributed by atoms with Crippen molar-refractivity contribution in [3.63, 3.8) is 0 Å². The molecule has 136 valence electrons. The lowest BCUT2D eigenvalue weighted by molar-refractivity contribution is -0.896. The summed E-state index contributed by atoms with van der Waals surface area (Å²) in [5, 5.41) is 3.00. The second-order valence-corrected chi connectivity index (χ2v) is 6.84. The average Bonchev–Trinajstić information content (AvgIpc) is 3.17. The fourth-order valence-corrected chi connectivity index (χ4v) is 3.48. The predicted molar refractivity (Wildman–Crippen MR) is 94.3 cm³/mol. The third kappa shape index (κ3) is 5.28. The summed E-state index contributed by atoms with van der Waals surface area (Å²) in [5.74, 6) is 0.216. The van der Waals surface area contributed by atoms with Gasteiger partial charge in [0.1, 0.15) is 6.10 Å². The van der Waals surface area contributed by atoms with Crippen molar-refractivity contribution < 1.29 is 19.2 Å². The zero-order chi connectivity index (χ0) is 17.5. The van der Waals surface area contributed by atoms with Crippen molar-refractivity contribution in [3.8, 4) is 0 Å². The number of ether oxygens (including phenoxy) is 1. The molecule has 1 aromatic carbocycles. The molecule has 0 aromatic heterocycles. The molecule has 0 bridgehead atoms. The fraction of sp³-hybridized carbons (Fsp3) is 0.579. The Morgan fingerprint density at radius 3 is 2.64 bits per heavy atom. The number of benzene rings is 1. The van der Waals surface area contributed by atoms with E-state index >= 15 is 0 Å². The van der Waals surface area contributed by atoms with E-state index in [1.165, 1.54) is 10.5 Å². The van der Waals surface area contributed by atoms with Gasteiger partial charge in [-0.15, -0.1) is 0 Å². The van der Waals surface area contributed by atoms with E-state index in [9.17, 15) is 9.59 Å². The third-order valence-electron chi connectivity index (χ3n) is 4.98. The lowest BCUT2D eigenvalue weighted by Gasteiger charge is -2.33. The minimum absolute atomic E-state index is 0.0878. The first-order valence-electron chi connectivity index (χ1n) is 9.27. The normalized spacial score (nSPS) is 21.3. The SMILES string of the molecule is O=C(C[NH+]1CCN(C(=O)[C@@H]2CCCO2)CC1)NCCc1ccccc1. The summed E-state index contributed by atoms with van der Waals surface area (Å²) in [7, 11) is 0. The van der Waals surface area contributed by atoms with Crippen LogP contribution in [0.4, 0.5) is 0 Å². The molecule has 2 aliphatic heterocycles. The van der Waals surface area contributed by atoms with Gasteiger partial charge in [-0.05, 0) is 24.8 Å². The lowest BCUT2D eigenvalue weighted by atomic mass is 10.1. The number of carbonyl (C=O) groups is 2. The maximum Gasteiger partial charge on any atom is 0.275 e. The Kier molecular flexibility index (Phi) is 6.42. The van der Waals surface area contributed by atoms with Gasteiger partial charge in [-0.1, -0.05) is 30.3 Å². The Hall–Kier alpha value is -1.92. The lowest BCUT2D eigenvalue weighted by Crippen LogP contribution is -3.15. The zero-order valence-corrected chi connectivity index (χ0v) is 14.7. The summed E-state index contributed by atoms with van der Waals surface area (Å²) in [6.07, 6.45) is 2.44. The smallest absolute Gasteiger partial charge is 0.275 e. The van der Waals surface area contributed by atoms with Crippen LogP contribution >= 0.6 is 0 Å². The largest absolute Gasteiger partial charge is 0.368 e. The first kappa shape index (κ1) is 17.9. The Labute approximate surface area is 149 Å². The predicted octanol–water partition coefficient (Wildman–Crippen LogP) is -0.749. The molecule has 25 heavy (non-hydrogen) atoms. The number of nitrogens with zero attached hydrogens (tertiary/aromatic N) is 1. The van der Waals surface area contributed by atoms with Gasteiger partial charge in [0, 0.05) is 13.2 Å². The average molecular weight is 346 g/mol. The van der Waals surface area contributed by atoms with Crippen LogP contribution in [-0.4, -0.2) is 68.7 Å². The molecule has 6 heteroatoms. The molecule has 0 aliphatic carbocycles. The molecule has 2 fully saturated rings. The van der Waals surface area contributed by atoms with Crippen LogP contribution in [0.25, 0.3) is 0 Å². The highest BCUT2D eigenvalue weighted by Crippen LogP contribution is 2.14. The number of amides is 2. The maximum absolute atomic E-state index is 12.3. The molecule has 1 aromatic rings. The topological polar surface area (TPSA) is 63.1 Å². The highest BCUT2D eigenvalue weighted by molar-refractivity contribution is 5.81. The van der Waals surface area contributed by atoms with E-state index in [1.54, 1.807) is 0 Å². The molecule has 0 spiro atoms. The van der Waals surface area contributed by atoms with E-state index in [1.807, 2.05) is 23.1 Å². The van der Waals surface area contributed by atoms with Gasteiger partial charge in [-0.3, -0.25) is 9.59 Å². The highest BCUT2D eigenvalue weighted by atomic mass is 16.5. The van der Waals surface area contributed by atoms with Gasteiger partial charge in [-0.2, -0.15) is 0 Å². The van der Waals surface area contributed by atoms with Gasteiger partial charge < -0.3 is 19.9 Å². The minimum atomic E-state index is -0.233. The van der Waals surface area contributed by atoms with Crippen molar-refractivity contribution in [1.29, 1.82) is 0 Å². The van der Waals surface area contributed by atoms with E-state index in [4.69, 9.17) is 4.74 Å². The van der Waals surface area contributed by atoms with Crippen molar-refractivity contribution >= 4 is 11.8 Å². The van der Waals surface area contributed by atoms with E-state index < -0.39 is 0 Å². The summed E-state index contributed by atoms with van der Waals surface area (Å²) in [6, 6.07) is 10.2.